The molecule has 1 amide bonds. The highest BCUT2D eigenvalue weighted by molar-refractivity contribution is 6.39. The molecule has 2 aromatic rings. The highest BCUT2D eigenvalue weighted by Crippen LogP contribution is 2.31. The first-order chi connectivity index (χ1) is 12.9. The Morgan fingerprint density at radius 1 is 1.48 bits per heavy atom. The number of carbonyl (C=O) groups excluding carboxylic acids is 1. The summed E-state index contributed by atoms with van der Waals surface area (Å²) in [6, 6.07) is 6.61. The van der Waals surface area contributed by atoms with Crippen molar-refractivity contribution in [2.45, 2.75) is 45.2 Å². The minimum absolute atomic E-state index is 0.0229. The van der Waals surface area contributed by atoms with E-state index in [4.69, 9.17) is 22.2 Å². The van der Waals surface area contributed by atoms with Crippen molar-refractivity contribution >= 4 is 23.4 Å². The topological polar surface area (TPSA) is 73.4 Å². The molecular formula is C18H21ClF2N4O2. The molecule has 0 spiro atoms. The molecule has 0 unspecified atom stereocenters. The Balaban J connectivity index is 1.83. The van der Waals surface area contributed by atoms with Gasteiger partial charge in [-0.25, -0.2) is 13.2 Å². The summed E-state index contributed by atoms with van der Waals surface area (Å²) in [5, 5.41) is 4.03. The fourth-order valence-corrected chi connectivity index (χ4v) is 3.22. The van der Waals surface area contributed by atoms with Crippen LogP contribution in [0.5, 0.6) is 5.75 Å². The number of aryl methyl sites for hydroxylation is 1. The van der Waals surface area contributed by atoms with Crippen LogP contribution in [0.25, 0.3) is 0 Å². The minimum atomic E-state index is -2.56. The number of nitrogens with zero attached hydrogens (tertiary/aromatic N) is 3. The van der Waals surface area contributed by atoms with Crippen molar-refractivity contribution in [3.8, 4) is 5.75 Å². The molecule has 0 saturated carbocycles. The fraction of sp³-hybridized carbons (Fsp3) is 0.444. The first-order valence-electron chi connectivity index (χ1n) is 8.75. The number of hydrogen-bond acceptors (Lipinski definition) is 4. The van der Waals surface area contributed by atoms with Crippen LogP contribution < -0.4 is 14.9 Å². The second-order valence-corrected chi connectivity index (χ2v) is 6.84. The molecule has 1 atom stereocenters. The number of carbonyl (C=O) groups is 1. The van der Waals surface area contributed by atoms with E-state index in [-0.39, 0.29) is 11.7 Å². The number of alkyl halides is 2. The van der Waals surface area contributed by atoms with Crippen LogP contribution in [0, 0.1) is 0 Å². The molecular weight excluding hydrogens is 378 g/mol. The van der Waals surface area contributed by atoms with Crippen molar-refractivity contribution in [3.05, 3.63) is 41.2 Å². The van der Waals surface area contributed by atoms with E-state index in [1.165, 1.54) is 10.7 Å². The summed E-state index contributed by atoms with van der Waals surface area (Å²) in [6.07, 6.45) is -0.580. The highest BCUT2D eigenvalue weighted by atomic mass is 35.5. The number of aromatic nitrogens is 2. The van der Waals surface area contributed by atoms with E-state index < -0.39 is 18.9 Å². The molecule has 1 aromatic heterocycles. The molecule has 3 rings (SSSR count). The van der Waals surface area contributed by atoms with Crippen LogP contribution in [0.1, 0.15) is 35.1 Å². The van der Waals surface area contributed by atoms with E-state index in [1.807, 2.05) is 13.0 Å². The number of hydrogen-bond donors (Lipinski definition) is 1. The van der Waals surface area contributed by atoms with Crippen molar-refractivity contribution in [2.24, 2.45) is 5.73 Å². The van der Waals surface area contributed by atoms with Crippen LogP contribution in [0.4, 0.5) is 14.5 Å². The largest absolute Gasteiger partial charge is 0.492 e. The summed E-state index contributed by atoms with van der Waals surface area (Å²) < 4.78 is 33.2. The standard InChI is InChI=1S/C18H21ClF2N4O2/c1-2-3-13-7-15(23-24(13)9-17(20)21)18(26)25(19)14-5-4-11-6-12(22)10-27-16(11)8-14/h4-5,7-8,12,17H,2-3,6,9-10,22H2,1H3/t12-/m1/s1. The van der Waals surface area contributed by atoms with E-state index in [0.717, 1.165) is 16.4 Å². The summed E-state index contributed by atoms with van der Waals surface area (Å²) >= 11 is 6.21. The number of fused-ring (bicyclic) bond motifs is 1. The summed E-state index contributed by atoms with van der Waals surface area (Å²) in [7, 11) is 0. The molecule has 146 valence electrons. The molecule has 1 aliphatic heterocycles. The van der Waals surface area contributed by atoms with Crippen LogP contribution in [-0.2, 0) is 19.4 Å². The van der Waals surface area contributed by atoms with Crippen molar-refractivity contribution < 1.29 is 18.3 Å². The zero-order chi connectivity index (χ0) is 19.6. The normalized spacial score (nSPS) is 16.1. The first kappa shape index (κ1) is 19.6. The van der Waals surface area contributed by atoms with Gasteiger partial charge < -0.3 is 10.5 Å². The van der Waals surface area contributed by atoms with Crippen molar-refractivity contribution in [2.75, 3.05) is 11.0 Å². The Bertz CT molecular complexity index is 828. The predicted octanol–water partition coefficient (Wildman–Crippen LogP) is 3.16. The van der Waals surface area contributed by atoms with Crippen LogP contribution in [-0.4, -0.2) is 34.8 Å². The van der Waals surface area contributed by atoms with Crippen LogP contribution in [0.3, 0.4) is 0 Å². The molecule has 0 bridgehead atoms. The first-order valence-corrected chi connectivity index (χ1v) is 9.09. The maximum atomic E-state index is 12.8. The van der Waals surface area contributed by atoms with Gasteiger partial charge in [-0.3, -0.25) is 9.48 Å². The van der Waals surface area contributed by atoms with Crippen molar-refractivity contribution in [1.82, 2.24) is 9.78 Å². The molecule has 2 heterocycles. The van der Waals surface area contributed by atoms with Crippen molar-refractivity contribution in [1.29, 1.82) is 0 Å². The van der Waals surface area contributed by atoms with Gasteiger partial charge in [0, 0.05) is 29.6 Å². The number of ether oxygens (including phenoxy) is 1. The number of anilines is 1. The zero-order valence-corrected chi connectivity index (χ0v) is 15.6. The summed E-state index contributed by atoms with van der Waals surface area (Å²) in [4.78, 5) is 12.7. The SMILES string of the molecule is CCCc1cc(C(=O)N(Cl)c2ccc3c(c2)OC[C@H](N)C3)nn1CC(F)F. The third-order valence-electron chi connectivity index (χ3n) is 4.29. The van der Waals surface area contributed by atoms with Gasteiger partial charge in [-0.1, -0.05) is 19.4 Å². The summed E-state index contributed by atoms with van der Waals surface area (Å²) in [5.41, 5.74) is 7.83. The molecule has 0 saturated heterocycles. The molecule has 27 heavy (non-hydrogen) atoms. The third kappa shape index (κ3) is 4.39. The maximum absolute atomic E-state index is 12.8. The number of nitrogens with two attached hydrogens (primary N) is 1. The summed E-state index contributed by atoms with van der Waals surface area (Å²) in [5.74, 6) is 0.0389. The Kier molecular flexibility index (Phi) is 5.96. The van der Waals surface area contributed by atoms with Crippen molar-refractivity contribution in [3.63, 3.8) is 0 Å². The van der Waals surface area contributed by atoms with Gasteiger partial charge in [-0.2, -0.15) is 5.10 Å². The Hall–Kier alpha value is -2.19. The zero-order valence-electron chi connectivity index (χ0n) is 14.9. The number of rotatable bonds is 6. The van der Waals surface area contributed by atoms with E-state index in [2.05, 4.69) is 5.10 Å². The van der Waals surface area contributed by atoms with Gasteiger partial charge >= 0.3 is 0 Å². The lowest BCUT2D eigenvalue weighted by molar-refractivity contribution is 0.0994. The van der Waals surface area contributed by atoms with E-state index in [0.29, 0.717) is 36.6 Å². The predicted molar refractivity (Wildman–Crippen MR) is 98.5 cm³/mol. The number of amides is 1. The molecule has 0 aliphatic carbocycles. The molecule has 1 aromatic carbocycles. The van der Waals surface area contributed by atoms with Gasteiger partial charge in [-0.15, -0.1) is 0 Å². The number of halogens is 3. The Labute approximate surface area is 160 Å². The third-order valence-corrected chi connectivity index (χ3v) is 4.64. The maximum Gasteiger partial charge on any atom is 0.293 e. The van der Waals surface area contributed by atoms with Crippen LogP contribution in [0.15, 0.2) is 24.3 Å². The van der Waals surface area contributed by atoms with E-state index in [1.54, 1.807) is 12.1 Å². The lowest BCUT2D eigenvalue weighted by Gasteiger charge is -2.23. The Morgan fingerprint density at radius 3 is 2.96 bits per heavy atom. The summed E-state index contributed by atoms with van der Waals surface area (Å²) in [6.45, 7) is 1.76. The van der Waals surface area contributed by atoms with Crippen LogP contribution >= 0.6 is 11.8 Å². The average Bonchev–Trinajstić information content (AvgIpc) is 3.02. The highest BCUT2D eigenvalue weighted by Gasteiger charge is 2.24. The van der Waals surface area contributed by atoms with Gasteiger partial charge in [0.2, 0.25) is 0 Å². The molecule has 1 aliphatic rings. The van der Waals surface area contributed by atoms with Gasteiger partial charge in [0.15, 0.2) is 5.69 Å². The van der Waals surface area contributed by atoms with Gasteiger partial charge in [0.25, 0.3) is 12.3 Å². The van der Waals surface area contributed by atoms with Gasteiger partial charge in [-0.05, 0) is 30.5 Å². The number of benzene rings is 1. The minimum Gasteiger partial charge on any atom is -0.492 e. The second-order valence-electron chi connectivity index (χ2n) is 6.50. The lowest BCUT2D eigenvalue weighted by atomic mass is 10.0. The molecule has 6 nitrogen and oxygen atoms in total. The van der Waals surface area contributed by atoms with E-state index in [9.17, 15) is 13.6 Å². The van der Waals surface area contributed by atoms with Gasteiger partial charge in [0.05, 0.1) is 5.69 Å². The fourth-order valence-electron chi connectivity index (χ4n) is 3.03. The Morgan fingerprint density at radius 2 is 2.26 bits per heavy atom. The van der Waals surface area contributed by atoms with Gasteiger partial charge in [0.1, 0.15) is 18.9 Å². The quantitative estimate of drug-likeness (QED) is 0.758. The monoisotopic (exact) mass is 398 g/mol. The smallest absolute Gasteiger partial charge is 0.293 e. The van der Waals surface area contributed by atoms with Crippen LogP contribution in [0.2, 0.25) is 0 Å². The molecule has 9 heteroatoms. The molecule has 2 N–H and O–H groups in total. The molecule has 0 fully saturated rings. The average molecular weight is 399 g/mol. The molecule has 0 radical (unpaired) electrons. The lowest BCUT2D eigenvalue weighted by Crippen LogP contribution is -2.33. The second kappa shape index (κ2) is 8.22. The van der Waals surface area contributed by atoms with E-state index >= 15 is 0 Å².